The van der Waals surface area contributed by atoms with Crippen LogP contribution in [0.2, 0.25) is 0 Å². The van der Waals surface area contributed by atoms with E-state index in [1.165, 1.54) is 70.7 Å². The second-order valence-electron chi connectivity index (χ2n) is 8.34. The fourth-order valence-corrected chi connectivity index (χ4v) is 5.51. The van der Waals surface area contributed by atoms with E-state index in [4.69, 9.17) is 0 Å². The lowest BCUT2D eigenvalue weighted by molar-refractivity contribution is 1.37. The van der Waals surface area contributed by atoms with E-state index in [1.54, 1.807) is 0 Å². The van der Waals surface area contributed by atoms with Gasteiger partial charge in [0.1, 0.15) is 0 Å². The van der Waals surface area contributed by atoms with Crippen molar-refractivity contribution >= 4 is 70.7 Å². The zero-order valence-corrected chi connectivity index (χ0v) is 16.1. The molecule has 0 amide bonds. The maximum atomic E-state index is 3.69. The lowest BCUT2D eigenvalue weighted by Crippen LogP contribution is -1.80. The Morgan fingerprint density at radius 1 is 0.467 bits per heavy atom. The van der Waals surface area contributed by atoms with Gasteiger partial charge in [0.15, 0.2) is 0 Å². The Morgan fingerprint density at radius 2 is 1.13 bits per heavy atom. The Bertz CT molecular complexity index is 1950. The van der Waals surface area contributed by atoms with Gasteiger partial charge in [-0.05, 0) is 41.1 Å². The van der Waals surface area contributed by atoms with Crippen LogP contribution in [0.5, 0.6) is 0 Å². The molecular formula is C28H16N2. The highest BCUT2D eigenvalue weighted by Gasteiger charge is 2.18. The number of aromatic amines is 1. The van der Waals surface area contributed by atoms with Gasteiger partial charge in [-0.1, -0.05) is 60.7 Å². The maximum Gasteiger partial charge on any atom is 0.0620 e. The second-order valence-corrected chi connectivity index (χ2v) is 8.34. The van der Waals surface area contributed by atoms with Crippen molar-refractivity contribution in [2.75, 3.05) is 0 Å². The first-order valence-corrected chi connectivity index (χ1v) is 10.4. The van der Waals surface area contributed by atoms with Crippen LogP contribution in [0, 0.1) is 0 Å². The highest BCUT2D eigenvalue weighted by atomic mass is 14.9. The minimum Gasteiger partial charge on any atom is -0.354 e. The zero-order valence-electron chi connectivity index (χ0n) is 16.1. The summed E-state index contributed by atoms with van der Waals surface area (Å²) in [5.41, 5.74) is 6.27. The van der Waals surface area contributed by atoms with E-state index in [-0.39, 0.29) is 0 Å². The van der Waals surface area contributed by atoms with E-state index in [9.17, 15) is 0 Å². The first kappa shape index (κ1) is 14.9. The molecule has 0 unspecified atom stereocenters. The molecule has 8 aromatic rings. The second kappa shape index (κ2) is 4.92. The van der Waals surface area contributed by atoms with Crippen molar-refractivity contribution in [2.45, 2.75) is 0 Å². The summed E-state index contributed by atoms with van der Waals surface area (Å²) in [5.74, 6) is 0. The van der Waals surface area contributed by atoms with E-state index in [0.29, 0.717) is 0 Å². The van der Waals surface area contributed by atoms with E-state index < -0.39 is 0 Å². The van der Waals surface area contributed by atoms with Crippen LogP contribution in [0.25, 0.3) is 70.7 Å². The lowest BCUT2D eigenvalue weighted by atomic mass is 10.0. The number of aromatic nitrogens is 2. The van der Waals surface area contributed by atoms with Crippen molar-refractivity contribution in [2.24, 2.45) is 0 Å². The van der Waals surface area contributed by atoms with Crippen LogP contribution in [-0.4, -0.2) is 9.38 Å². The number of rotatable bonds is 0. The van der Waals surface area contributed by atoms with E-state index in [1.807, 2.05) is 0 Å². The standard InChI is InChI=1S/C28H16N2/c1-2-7-17-13-24-21(12-16(17)6-1)22-14-23-20-10-5-9-19-18-8-3-4-11-26(18)30(28(19)20)27(23)15-25(22)29-24/h1-15,29H. The number of fused-ring (bicyclic) bond motifs is 10. The van der Waals surface area contributed by atoms with Gasteiger partial charge in [0.25, 0.3) is 0 Å². The average molecular weight is 380 g/mol. The van der Waals surface area contributed by atoms with Crippen molar-refractivity contribution in [3.63, 3.8) is 0 Å². The van der Waals surface area contributed by atoms with Crippen molar-refractivity contribution in [1.29, 1.82) is 0 Å². The van der Waals surface area contributed by atoms with Crippen molar-refractivity contribution in [3.05, 3.63) is 91.0 Å². The normalized spacial score (nSPS) is 12.7. The van der Waals surface area contributed by atoms with Gasteiger partial charge in [-0.3, -0.25) is 0 Å². The third-order valence-electron chi connectivity index (χ3n) is 6.81. The van der Waals surface area contributed by atoms with Gasteiger partial charge >= 0.3 is 0 Å². The molecule has 138 valence electrons. The Kier molecular flexibility index (Phi) is 2.44. The molecule has 3 aromatic heterocycles. The van der Waals surface area contributed by atoms with Crippen LogP contribution >= 0.6 is 0 Å². The topological polar surface area (TPSA) is 20.2 Å². The summed E-state index contributed by atoms with van der Waals surface area (Å²) in [6.07, 6.45) is 0. The van der Waals surface area contributed by atoms with Gasteiger partial charge in [-0.25, -0.2) is 0 Å². The van der Waals surface area contributed by atoms with Crippen molar-refractivity contribution < 1.29 is 0 Å². The van der Waals surface area contributed by atoms with Gasteiger partial charge in [0, 0.05) is 43.4 Å². The van der Waals surface area contributed by atoms with Gasteiger partial charge in [0.05, 0.1) is 16.6 Å². The monoisotopic (exact) mass is 380 g/mol. The molecule has 2 heteroatoms. The molecule has 0 bridgehead atoms. The van der Waals surface area contributed by atoms with Crippen LogP contribution in [0.15, 0.2) is 91.0 Å². The summed E-state index contributed by atoms with van der Waals surface area (Å²) in [6, 6.07) is 33.3. The Morgan fingerprint density at radius 3 is 2.03 bits per heavy atom. The average Bonchev–Trinajstić information content (AvgIpc) is 3.42. The number of nitrogens with zero attached hydrogens (tertiary/aromatic N) is 1. The Hall–Kier alpha value is -4.04. The number of benzene rings is 5. The number of para-hydroxylation sites is 2. The molecule has 0 saturated carbocycles. The van der Waals surface area contributed by atoms with Crippen molar-refractivity contribution in [1.82, 2.24) is 9.38 Å². The SMILES string of the molecule is c1ccc2cc3c(cc2c1)[nH]c1cc2c(cc13)c1cccc3c4ccccc4n2c31. The smallest absolute Gasteiger partial charge is 0.0620 e. The molecule has 30 heavy (non-hydrogen) atoms. The summed E-state index contributed by atoms with van der Waals surface area (Å²) in [4.78, 5) is 3.69. The third kappa shape index (κ3) is 1.63. The van der Waals surface area contributed by atoms with Crippen LogP contribution < -0.4 is 0 Å². The predicted octanol–water partition coefficient (Wildman–Crippen LogP) is 7.62. The molecule has 1 N–H and O–H groups in total. The molecule has 3 heterocycles. The van der Waals surface area contributed by atoms with Crippen molar-refractivity contribution in [3.8, 4) is 0 Å². The van der Waals surface area contributed by atoms with Gasteiger partial charge in [-0.15, -0.1) is 0 Å². The number of nitrogens with one attached hydrogen (secondary N) is 1. The molecule has 0 aliphatic heterocycles. The summed E-state index contributed by atoms with van der Waals surface area (Å²) in [7, 11) is 0. The molecule has 0 aliphatic carbocycles. The summed E-state index contributed by atoms with van der Waals surface area (Å²) < 4.78 is 2.44. The van der Waals surface area contributed by atoms with Gasteiger partial charge < -0.3 is 9.38 Å². The van der Waals surface area contributed by atoms with Gasteiger partial charge in [-0.2, -0.15) is 0 Å². The lowest BCUT2D eigenvalue weighted by Gasteiger charge is -1.99. The maximum absolute atomic E-state index is 3.69. The fourth-order valence-electron chi connectivity index (χ4n) is 5.51. The molecule has 0 atom stereocenters. The molecule has 0 radical (unpaired) electrons. The molecular weight excluding hydrogens is 364 g/mol. The highest BCUT2D eigenvalue weighted by Crippen LogP contribution is 2.41. The third-order valence-corrected chi connectivity index (χ3v) is 6.81. The fraction of sp³-hybridized carbons (Fsp3) is 0. The van der Waals surface area contributed by atoms with Gasteiger partial charge in [0.2, 0.25) is 0 Å². The Balaban J connectivity index is 1.63. The minimum absolute atomic E-state index is 1.19. The van der Waals surface area contributed by atoms with Crippen LogP contribution in [0.4, 0.5) is 0 Å². The molecule has 0 fully saturated rings. The van der Waals surface area contributed by atoms with E-state index in [2.05, 4.69) is 100 Å². The highest BCUT2D eigenvalue weighted by molar-refractivity contribution is 6.26. The molecule has 0 spiro atoms. The number of hydrogen-bond donors (Lipinski definition) is 1. The predicted molar refractivity (Wildman–Crippen MR) is 128 cm³/mol. The van der Waals surface area contributed by atoms with Crippen LogP contribution in [0.3, 0.4) is 0 Å². The first-order valence-electron chi connectivity index (χ1n) is 10.4. The summed E-state index contributed by atoms with van der Waals surface area (Å²) in [5, 5.41) is 10.4. The number of hydrogen-bond acceptors (Lipinski definition) is 0. The zero-order chi connectivity index (χ0) is 19.4. The molecule has 5 aromatic carbocycles. The molecule has 0 aliphatic rings. The number of H-pyrrole nitrogens is 1. The molecule has 0 saturated heterocycles. The molecule has 2 nitrogen and oxygen atoms in total. The Labute approximate surface area is 171 Å². The van der Waals surface area contributed by atoms with Crippen LogP contribution in [0.1, 0.15) is 0 Å². The summed E-state index contributed by atoms with van der Waals surface area (Å²) in [6.45, 7) is 0. The minimum atomic E-state index is 1.19. The van der Waals surface area contributed by atoms with Crippen LogP contribution in [-0.2, 0) is 0 Å². The quantitative estimate of drug-likeness (QED) is 0.279. The van der Waals surface area contributed by atoms with E-state index in [0.717, 1.165) is 0 Å². The molecule has 8 rings (SSSR count). The largest absolute Gasteiger partial charge is 0.354 e. The first-order chi connectivity index (χ1) is 14.9. The summed E-state index contributed by atoms with van der Waals surface area (Å²) >= 11 is 0. The van der Waals surface area contributed by atoms with E-state index >= 15 is 0 Å².